The highest BCUT2D eigenvalue weighted by atomic mass is 16.5. The number of hydrogen-bond donors (Lipinski definition) is 1. The number of hydrogen-bond acceptors (Lipinski definition) is 6. The van der Waals surface area contributed by atoms with Crippen molar-refractivity contribution in [3.8, 4) is 11.9 Å². The van der Waals surface area contributed by atoms with E-state index in [1.54, 1.807) is 6.07 Å². The molecule has 0 saturated heterocycles. The third-order valence-corrected chi connectivity index (χ3v) is 2.07. The lowest BCUT2D eigenvalue weighted by atomic mass is 10.2. The van der Waals surface area contributed by atoms with E-state index in [0.29, 0.717) is 18.2 Å². The molecule has 0 amide bonds. The van der Waals surface area contributed by atoms with Crippen LogP contribution in [0.3, 0.4) is 0 Å². The van der Waals surface area contributed by atoms with Gasteiger partial charge in [0.15, 0.2) is 0 Å². The highest BCUT2D eigenvalue weighted by Crippen LogP contribution is 2.17. The van der Waals surface area contributed by atoms with E-state index in [-0.39, 0.29) is 11.9 Å². The predicted molar refractivity (Wildman–Crippen MR) is 61.0 cm³/mol. The molecule has 0 aromatic carbocycles. The van der Waals surface area contributed by atoms with Gasteiger partial charge in [-0.2, -0.15) is 15.2 Å². The first-order chi connectivity index (χ1) is 7.56. The molecule has 0 aliphatic rings. The van der Waals surface area contributed by atoms with Gasteiger partial charge in [0, 0.05) is 19.7 Å². The van der Waals surface area contributed by atoms with Gasteiger partial charge >= 0.3 is 0 Å². The fraction of sp³-hybridized carbons (Fsp3) is 0.500. The van der Waals surface area contributed by atoms with Crippen LogP contribution in [0.1, 0.15) is 6.92 Å². The second-order valence-corrected chi connectivity index (χ2v) is 3.54. The summed E-state index contributed by atoms with van der Waals surface area (Å²) in [7, 11) is 3.36. The van der Waals surface area contributed by atoms with Crippen LogP contribution in [0.4, 0.5) is 11.8 Å². The molecule has 1 unspecified atom stereocenters. The summed E-state index contributed by atoms with van der Waals surface area (Å²) in [4.78, 5) is 9.80. The van der Waals surface area contributed by atoms with E-state index in [4.69, 9.17) is 15.7 Å². The van der Waals surface area contributed by atoms with Gasteiger partial charge in [-0.25, -0.2) is 0 Å². The SMILES string of the molecule is COc1cc(N(C)CC(C)C#N)nc(N)n1. The topological polar surface area (TPSA) is 88.1 Å². The first-order valence-corrected chi connectivity index (χ1v) is 4.86. The second-order valence-electron chi connectivity index (χ2n) is 3.54. The van der Waals surface area contributed by atoms with Crippen molar-refractivity contribution in [2.75, 3.05) is 31.3 Å². The Morgan fingerprint density at radius 1 is 1.62 bits per heavy atom. The first-order valence-electron chi connectivity index (χ1n) is 4.86. The number of nitrogens with two attached hydrogens (primary N) is 1. The molecule has 1 rings (SSSR count). The van der Waals surface area contributed by atoms with E-state index in [1.165, 1.54) is 7.11 Å². The Bertz CT molecular complexity index is 401. The fourth-order valence-corrected chi connectivity index (χ4v) is 1.28. The zero-order valence-corrected chi connectivity index (χ0v) is 9.64. The normalized spacial score (nSPS) is 11.6. The van der Waals surface area contributed by atoms with E-state index in [2.05, 4.69) is 16.0 Å². The van der Waals surface area contributed by atoms with Gasteiger partial charge in [-0.1, -0.05) is 0 Å². The Morgan fingerprint density at radius 3 is 2.88 bits per heavy atom. The monoisotopic (exact) mass is 221 g/mol. The third-order valence-electron chi connectivity index (χ3n) is 2.07. The van der Waals surface area contributed by atoms with Crippen molar-refractivity contribution in [2.45, 2.75) is 6.92 Å². The van der Waals surface area contributed by atoms with Gasteiger partial charge in [0.05, 0.1) is 19.1 Å². The van der Waals surface area contributed by atoms with E-state index in [0.717, 1.165) is 0 Å². The quantitative estimate of drug-likeness (QED) is 0.803. The molecule has 1 aromatic rings. The van der Waals surface area contributed by atoms with Crippen molar-refractivity contribution in [3.63, 3.8) is 0 Å². The zero-order chi connectivity index (χ0) is 12.1. The summed E-state index contributed by atoms with van der Waals surface area (Å²) in [5, 5.41) is 8.73. The average Bonchev–Trinajstić information content (AvgIpc) is 2.27. The summed E-state index contributed by atoms with van der Waals surface area (Å²) in [5.74, 6) is 1.14. The molecule has 0 fully saturated rings. The number of anilines is 2. The molecule has 16 heavy (non-hydrogen) atoms. The average molecular weight is 221 g/mol. The molecular formula is C10H15N5O. The molecule has 0 aliphatic carbocycles. The maximum absolute atomic E-state index is 8.73. The lowest BCUT2D eigenvalue weighted by Gasteiger charge is -2.19. The highest BCUT2D eigenvalue weighted by Gasteiger charge is 2.10. The molecule has 0 saturated carbocycles. The Morgan fingerprint density at radius 2 is 2.31 bits per heavy atom. The number of rotatable bonds is 4. The summed E-state index contributed by atoms with van der Waals surface area (Å²) < 4.78 is 4.99. The lowest BCUT2D eigenvalue weighted by molar-refractivity contribution is 0.397. The highest BCUT2D eigenvalue weighted by molar-refractivity contribution is 5.44. The molecule has 2 N–H and O–H groups in total. The lowest BCUT2D eigenvalue weighted by Crippen LogP contribution is -2.24. The molecule has 0 radical (unpaired) electrons. The minimum Gasteiger partial charge on any atom is -0.481 e. The molecular weight excluding hydrogens is 206 g/mol. The largest absolute Gasteiger partial charge is 0.481 e. The predicted octanol–water partition coefficient (Wildman–Crippen LogP) is 0.663. The molecule has 1 aromatic heterocycles. The fourth-order valence-electron chi connectivity index (χ4n) is 1.28. The summed E-state index contributed by atoms with van der Waals surface area (Å²) >= 11 is 0. The molecule has 6 heteroatoms. The van der Waals surface area contributed by atoms with Crippen molar-refractivity contribution < 1.29 is 4.74 Å². The van der Waals surface area contributed by atoms with Crippen LogP contribution >= 0.6 is 0 Å². The van der Waals surface area contributed by atoms with Crippen LogP contribution in [-0.4, -0.2) is 30.7 Å². The zero-order valence-electron chi connectivity index (χ0n) is 9.64. The number of nitriles is 1. The maximum Gasteiger partial charge on any atom is 0.225 e. The van der Waals surface area contributed by atoms with Gasteiger partial charge in [-0.05, 0) is 6.92 Å². The number of methoxy groups -OCH3 is 1. The van der Waals surface area contributed by atoms with Gasteiger partial charge in [0.2, 0.25) is 11.8 Å². The van der Waals surface area contributed by atoms with Crippen molar-refractivity contribution in [1.29, 1.82) is 5.26 Å². The molecule has 6 nitrogen and oxygen atoms in total. The molecule has 0 bridgehead atoms. The Kier molecular flexibility index (Phi) is 3.89. The van der Waals surface area contributed by atoms with Crippen LogP contribution in [-0.2, 0) is 0 Å². The number of aromatic nitrogens is 2. The van der Waals surface area contributed by atoms with Crippen molar-refractivity contribution in [3.05, 3.63) is 6.07 Å². The minimum absolute atomic E-state index is 0.0767. The summed E-state index contributed by atoms with van der Waals surface area (Å²) in [6, 6.07) is 3.84. The van der Waals surface area contributed by atoms with Crippen molar-refractivity contribution in [1.82, 2.24) is 9.97 Å². The summed E-state index contributed by atoms with van der Waals surface area (Å²) in [6.45, 7) is 2.42. The van der Waals surface area contributed by atoms with Gasteiger partial charge in [0.25, 0.3) is 0 Å². The molecule has 1 atom stereocenters. The van der Waals surface area contributed by atoms with E-state index < -0.39 is 0 Å². The summed E-state index contributed by atoms with van der Waals surface area (Å²) in [5.41, 5.74) is 5.54. The third kappa shape index (κ3) is 2.98. The molecule has 0 aliphatic heterocycles. The van der Waals surface area contributed by atoms with Crippen LogP contribution in [0.2, 0.25) is 0 Å². The van der Waals surface area contributed by atoms with Crippen molar-refractivity contribution in [2.24, 2.45) is 5.92 Å². The van der Waals surface area contributed by atoms with Crippen LogP contribution in [0.15, 0.2) is 6.07 Å². The number of nitrogen functional groups attached to an aromatic ring is 1. The number of ether oxygens (including phenoxy) is 1. The number of nitrogens with zero attached hydrogens (tertiary/aromatic N) is 4. The molecule has 1 heterocycles. The summed E-state index contributed by atoms with van der Waals surface area (Å²) in [6.07, 6.45) is 0. The Hall–Kier alpha value is -2.03. The Labute approximate surface area is 94.7 Å². The van der Waals surface area contributed by atoms with Gasteiger partial charge < -0.3 is 15.4 Å². The van der Waals surface area contributed by atoms with Crippen LogP contribution < -0.4 is 15.4 Å². The smallest absolute Gasteiger partial charge is 0.225 e. The first kappa shape index (κ1) is 12.0. The molecule has 0 spiro atoms. The van der Waals surface area contributed by atoms with Crippen LogP contribution in [0.5, 0.6) is 5.88 Å². The molecule has 86 valence electrons. The second kappa shape index (κ2) is 5.16. The van der Waals surface area contributed by atoms with E-state index in [9.17, 15) is 0 Å². The van der Waals surface area contributed by atoms with E-state index >= 15 is 0 Å². The van der Waals surface area contributed by atoms with Crippen molar-refractivity contribution >= 4 is 11.8 Å². The van der Waals surface area contributed by atoms with Crippen LogP contribution in [0, 0.1) is 17.2 Å². The van der Waals surface area contributed by atoms with Gasteiger partial charge in [-0.15, -0.1) is 0 Å². The standard InChI is InChI=1S/C10H15N5O/c1-7(5-11)6-15(2)8-4-9(16-3)14-10(12)13-8/h4,7H,6H2,1-3H3,(H2,12,13,14). The minimum atomic E-state index is -0.0767. The Balaban J connectivity index is 2.87. The van der Waals surface area contributed by atoms with E-state index in [1.807, 2.05) is 18.9 Å². The van der Waals surface area contributed by atoms with Crippen LogP contribution in [0.25, 0.3) is 0 Å². The van der Waals surface area contributed by atoms with Gasteiger partial charge in [-0.3, -0.25) is 0 Å². The van der Waals surface area contributed by atoms with Gasteiger partial charge in [0.1, 0.15) is 5.82 Å². The maximum atomic E-state index is 8.73.